The first-order chi connectivity index (χ1) is 17.4. The van der Waals surface area contributed by atoms with E-state index in [0.29, 0.717) is 40.3 Å². The van der Waals surface area contributed by atoms with Crippen molar-refractivity contribution >= 4 is 28.3 Å². The maximum Gasteiger partial charge on any atom is 0.262 e. The quantitative estimate of drug-likeness (QED) is 0.468. The molecular formula is C26H21FN6O3. The molecule has 2 aliphatic heterocycles. The van der Waals surface area contributed by atoms with E-state index in [9.17, 15) is 10.1 Å². The molecule has 2 aromatic heterocycles. The SMILES string of the molecule is C[C@H]1OCc2c1c(N)nc1cc(F)c(C(=O)N(c3cnn(C)c3)C3COc4cc(C#N)ccc43)cc21. The van der Waals surface area contributed by atoms with Gasteiger partial charge in [0.15, 0.2) is 0 Å². The number of pyridine rings is 1. The van der Waals surface area contributed by atoms with Gasteiger partial charge in [-0.3, -0.25) is 14.4 Å². The summed E-state index contributed by atoms with van der Waals surface area (Å²) in [5.41, 5.74) is 9.62. The molecule has 1 unspecified atom stereocenters. The van der Waals surface area contributed by atoms with Gasteiger partial charge in [-0.2, -0.15) is 10.4 Å². The highest BCUT2D eigenvalue weighted by Crippen LogP contribution is 2.41. The van der Waals surface area contributed by atoms with Crippen LogP contribution in [0.3, 0.4) is 0 Å². The van der Waals surface area contributed by atoms with Crippen molar-refractivity contribution in [3.05, 3.63) is 76.4 Å². The topological polar surface area (TPSA) is 119 Å². The molecule has 1 amide bonds. The van der Waals surface area contributed by atoms with E-state index >= 15 is 4.39 Å². The van der Waals surface area contributed by atoms with Crippen molar-refractivity contribution < 1.29 is 18.7 Å². The summed E-state index contributed by atoms with van der Waals surface area (Å²) in [5, 5.41) is 14.1. The van der Waals surface area contributed by atoms with Gasteiger partial charge in [-0.15, -0.1) is 0 Å². The molecule has 0 spiro atoms. The number of hydrogen-bond donors (Lipinski definition) is 1. The zero-order valence-electron chi connectivity index (χ0n) is 19.5. The summed E-state index contributed by atoms with van der Waals surface area (Å²) in [6.07, 6.45) is 3.00. The van der Waals surface area contributed by atoms with Crippen molar-refractivity contribution in [2.24, 2.45) is 7.05 Å². The van der Waals surface area contributed by atoms with Crippen LogP contribution in [0.5, 0.6) is 5.75 Å². The second-order valence-electron chi connectivity index (χ2n) is 8.93. The molecule has 4 heterocycles. The average molecular weight is 484 g/mol. The van der Waals surface area contributed by atoms with E-state index in [2.05, 4.69) is 16.2 Å². The lowest BCUT2D eigenvalue weighted by Crippen LogP contribution is -2.36. The van der Waals surface area contributed by atoms with Crippen LogP contribution in [-0.2, 0) is 18.4 Å². The zero-order valence-corrected chi connectivity index (χ0v) is 19.5. The standard InChI is InChI=1S/C26H21FN6O3/c1-13-24-19(11-35-13)17-6-18(20(27)7-21(17)31-25(24)29)26(34)33(15-9-30-32(2)10-15)22-12-36-23-5-14(8-28)3-4-16(22)23/h3-7,9-10,13,22H,11-12H2,1-2H3,(H2,29,31)/t13-,22?/m1/s1. The van der Waals surface area contributed by atoms with Crippen LogP contribution in [0.4, 0.5) is 15.9 Å². The Morgan fingerprint density at radius 1 is 1.33 bits per heavy atom. The maximum atomic E-state index is 15.4. The molecule has 180 valence electrons. The number of amides is 1. The molecule has 0 radical (unpaired) electrons. The van der Waals surface area contributed by atoms with Crippen LogP contribution >= 0.6 is 0 Å². The van der Waals surface area contributed by atoms with Gasteiger partial charge < -0.3 is 15.2 Å². The van der Waals surface area contributed by atoms with Crippen molar-refractivity contribution in [2.45, 2.75) is 25.7 Å². The molecule has 36 heavy (non-hydrogen) atoms. The Hall–Kier alpha value is -4.49. The molecule has 2 aromatic carbocycles. The van der Waals surface area contributed by atoms with Crippen molar-refractivity contribution in [1.29, 1.82) is 5.26 Å². The lowest BCUT2D eigenvalue weighted by molar-refractivity contribution is 0.0801. The third-order valence-electron chi connectivity index (χ3n) is 6.77. The lowest BCUT2D eigenvalue weighted by atomic mass is 9.98. The van der Waals surface area contributed by atoms with Crippen molar-refractivity contribution in [3.63, 3.8) is 0 Å². The number of nitriles is 1. The monoisotopic (exact) mass is 484 g/mol. The van der Waals surface area contributed by atoms with E-state index in [-0.39, 0.29) is 18.3 Å². The number of aromatic nitrogens is 3. The van der Waals surface area contributed by atoms with Crippen LogP contribution in [0.15, 0.2) is 42.7 Å². The first kappa shape index (κ1) is 22.0. The molecule has 0 bridgehead atoms. The van der Waals surface area contributed by atoms with Gasteiger partial charge in [0, 0.05) is 35.8 Å². The van der Waals surface area contributed by atoms with Crippen LogP contribution < -0.4 is 15.4 Å². The van der Waals surface area contributed by atoms with Gasteiger partial charge in [0.05, 0.1) is 53.3 Å². The predicted molar refractivity (Wildman–Crippen MR) is 129 cm³/mol. The van der Waals surface area contributed by atoms with Crippen molar-refractivity contribution in [1.82, 2.24) is 14.8 Å². The fraction of sp³-hybridized carbons (Fsp3) is 0.231. The van der Waals surface area contributed by atoms with Crippen LogP contribution in [0, 0.1) is 17.1 Å². The number of nitrogens with two attached hydrogens (primary N) is 1. The molecule has 2 aliphatic rings. The van der Waals surface area contributed by atoms with Gasteiger partial charge in [-0.1, -0.05) is 6.07 Å². The van der Waals surface area contributed by atoms with Crippen LogP contribution in [0.2, 0.25) is 0 Å². The number of ether oxygens (including phenoxy) is 2. The summed E-state index contributed by atoms with van der Waals surface area (Å²) in [4.78, 5) is 19.9. The highest BCUT2D eigenvalue weighted by atomic mass is 19.1. The number of nitrogen functional groups attached to an aromatic ring is 1. The van der Waals surface area contributed by atoms with Crippen molar-refractivity contribution in [2.75, 3.05) is 17.2 Å². The second kappa shape index (κ2) is 8.03. The highest BCUT2D eigenvalue weighted by molar-refractivity contribution is 6.09. The van der Waals surface area contributed by atoms with Gasteiger partial charge in [0.1, 0.15) is 24.0 Å². The van der Waals surface area contributed by atoms with Gasteiger partial charge in [-0.05, 0) is 30.7 Å². The molecule has 2 atom stereocenters. The number of halogens is 1. The molecule has 0 fully saturated rings. The number of carbonyl (C=O) groups excluding carboxylic acids is 1. The number of rotatable bonds is 3. The van der Waals surface area contributed by atoms with Gasteiger partial charge in [0.2, 0.25) is 0 Å². The average Bonchev–Trinajstić information content (AvgIpc) is 3.58. The summed E-state index contributed by atoms with van der Waals surface area (Å²) in [5.74, 6) is -0.442. The Morgan fingerprint density at radius 3 is 2.92 bits per heavy atom. The largest absolute Gasteiger partial charge is 0.491 e. The minimum absolute atomic E-state index is 0.109. The third-order valence-corrected chi connectivity index (χ3v) is 6.77. The Balaban J connectivity index is 1.50. The smallest absolute Gasteiger partial charge is 0.262 e. The Morgan fingerprint density at radius 2 is 2.17 bits per heavy atom. The molecule has 0 aliphatic carbocycles. The first-order valence-electron chi connectivity index (χ1n) is 11.4. The minimum Gasteiger partial charge on any atom is -0.491 e. The second-order valence-corrected chi connectivity index (χ2v) is 8.93. The number of nitrogens with zero attached hydrogens (tertiary/aromatic N) is 5. The number of aryl methyl sites for hydroxylation is 1. The molecule has 4 aromatic rings. The number of hydrogen-bond acceptors (Lipinski definition) is 7. The van der Waals surface area contributed by atoms with E-state index in [1.165, 1.54) is 17.0 Å². The van der Waals surface area contributed by atoms with Gasteiger partial charge >= 0.3 is 0 Å². The number of carbonyl (C=O) groups is 1. The fourth-order valence-electron chi connectivity index (χ4n) is 5.03. The molecule has 0 saturated heterocycles. The predicted octanol–water partition coefficient (Wildman–Crippen LogP) is 3.93. The summed E-state index contributed by atoms with van der Waals surface area (Å²) in [6, 6.07) is 9.38. The van der Waals surface area contributed by atoms with Gasteiger partial charge in [-0.25, -0.2) is 9.37 Å². The zero-order chi connectivity index (χ0) is 25.1. The lowest BCUT2D eigenvalue weighted by Gasteiger charge is -2.27. The van der Waals surface area contributed by atoms with Crippen LogP contribution in [0.1, 0.15) is 51.7 Å². The Labute approximate surface area is 205 Å². The van der Waals surface area contributed by atoms with E-state index in [1.54, 1.807) is 42.3 Å². The molecule has 10 heteroatoms. The van der Waals surface area contributed by atoms with Crippen LogP contribution in [-0.4, -0.2) is 27.3 Å². The molecule has 6 rings (SSSR count). The van der Waals surface area contributed by atoms with E-state index < -0.39 is 17.8 Å². The summed E-state index contributed by atoms with van der Waals surface area (Å²) >= 11 is 0. The third kappa shape index (κ3) is 3.28. The summed E-state index contributed by atoms with van der Waals surface area (Å²) in [7, 11) is 1.74. The minimum atomic E-state index is -0.709. The fourth-order valence-corrected chi connectivity index (χ4v) is 5.03. The van der Waals surface area contributed by atoms with E-state index in [4.69, 9.17) is 15.2 Å². The normalized spacial score (nSPS) is 17.9. The Kier molecular flexibility index (Phi) is 4.91. The molecular weight excluding hydrogens is 463 g/mol. The number of fused-ring (bicyclic) bond motifs is 4. The highest BCUT2D eigenvalue weighted by Gasteiger charge is 2.36. The van der Waals surface area contributed by atoms with Crippen molar-refractivity contribution in [3.8, 4) is 11.8 Å². The number of benzene rings is 2. The Bertz CT molecular complexity index is 1610. The number of anilines is 2. The van der Waals surface area contributed by atoms with E-state index in [1.807, 2.05) is 6.92 Å². The molecule has 0 saturated carbocycles. The maximum absolute atomic E-state index is 15.4. The van der Waals surface area contributed by atoms with E-state index in [0.717, 1.165) is 16.7 Å². The van der Waals surface area contributed by atoms with Crippen LogP contribution in [0.25, 0.3) is 10.9 Å². The first-order valence-corrected chi connectivity index (χ1v) is 11.4. The summed E-state index contributed by atoms with van der Waals surface area (Å²) < 4.78 is 28.6. The molecule has 9 nitrogen and oxygen atoms in total. The summed E-state index contributed by atoms with van der Waals surface area (Å²) in [6.45, 7) is 2.33. The van der Waals surface area contributed by atoms with Gasteiger partial charge in [0.25, 0.3) is 5.91 Å². The molecule has 2 N–H and O–H groups in total.